The zero-order valence-corrected chi connectivity index (χ0v) is 86.7. The van der Waals surface area contributed by atoms with Crippen LogP contribution >= 0.6 is 163 Å². The highest BCUT2D eigenvalue weighted by Crippen LogP contribution is 2.60. The molecule has 2 aliphatic heterocycles. The summed E-state index contributed by atoms with van der Waals surface area (Å²) in [5.74, 6) is 1.65. The highest BCUT2D eigenvalue weighted by atomic mass is 32.2. The van der Waals surface area contributed by atoms with Gasteiger partial charge >= 0.3 is 0 Å². The predicted molar refractivity (Wildman–Crippen MR) is 615 cm³/mol. The van der Waals surface area contributed by atoms with E-state index in [0.29, 0.717) is 0 Å². The summed E-state index contributed by atoms with van der Waals surface area (Å²) in [5.41, 5.74) is 21.4. The van der Waals surface area contributed by atoms with E-state index in [0.717, 1.165) is 115 Å². The molecule has 22 rings (SSSR count). The van der Waals surface area contributed by atoms with E-state index in [1.165, 1.54) is 76.6 Å². The van der Waals surface area contributed by atoms with Crippen LogP contribution < -0.4 is 4.74 Å². The summed E-state index contributed by atoms with van der Waals surface area (Å²) in [4.78, 5) is 13.6. The molecule has 1 nitrogen and oxygen atoms in total. The highest BCUT2D eigenvalue weighted by Gasteiger charge is 2.49. The molecule has 0 fully saturated rings. The first-order valence-corrected chi connectivity index (χ1v) is 51.5. The average Bonchev–Trinajstić information content (AvgIpc) is 0.697. The number of rotatable bonds is 16. The highest BCUT2D eigenvalue weighted by molar-refractivity contribution is 7.99. The molecule has 0 aliphatic carbocycles. The van der Waals surface area contributed by atoms with Gasteiger partial charge in [-0.1, -0.05) is 412 Å². The Morgan fingerprint density at radius 2 is 0.374 bits per heavy atom. The predicted octanol–water partition coefficient (Wildman–Crippen LogP) is 34.4. The molecule has 139 heavy (non-hydrogen) atoms. The molecule has 14 heteroatoms. The molecular formula is C125H96OS13. The van der Waals surface area contributed by atoms with Crippen LogP contribution in [0.15, 0.2) is 578 Å². The Balaban J connectivity index is 0.000000115. The smallest absolute Gasteiger partial charge is 0.133 e. The molecule has 2 heterocycles. The van der Waals surface area contributed by atoms with Crippen LogP contribution in [0.4, 0.5) is 0 Å². The molecule has 680 valence electrons. The number of hydrogen-bond donors (Lipinski definition) is 12. The van der Waals surface area contributed by atoms with Crippen LogP contribution in [-0.2, 0) is 27.1 Å². The first-order valence-electron chi connectivity index (χ1n) is 45.3. The van der Waals surface area contributed by atoms with Gasteiger partial charge in [0.25, 0.3) is 0 Å². The van der Waals surface area contributed by atoms with Crippen LogP contribution in [0.1, 0.15) is 111 Å². The molecule has 0 radical (unpaired) electrons. The van der Waals surface area contributed by atoms with Gasteiger partial charge in [-0.05, 0) is 209 Å². The van der Waals surface area contributed by atoms with Crippen molar-refractivity contribution >= 4 is 163 Å². The maximum atomic E-state index is 6.34. The molecule has 20 aromatic carbocycles. The van der Waals surface area contributed by atoms with E-state index in [-0.39, 0.29) is 5.41 Å². The molecule has 0 aromatic heterocycles. The number of thiol groups is 12. The fourth-order valence-corrected chi connectivity index (χ4v) is 24.7. The van der Waals surface area contributed by atoms with Gasteiger partial charge in [0, 0.05) is 79.7 Å². The standard InChI is InChI=1S/C25H18OS2.C25H20S4.C25H18S3.2C25H20S2/c27-19-11-13-21-23(15-19)26-24-16-20(28)12-14-22(24)25(21,17-7-3-1-4-8-17)18-9-5-2-6-10-18;26-19-11-13-21(23(28)15-19)25(17-7-3-1-4-8-17,18-9-5-2-6-10-18)22-14-12-20(27)16-24(22)29;26-19-11-13-21-23(15-19)28-24-16-20(27)12-14-22(24)25(21,17-7-3-1-4-8-17)18-9-5-2-6-10-18;26-23-17-9-7-15-21(23)25(19-11-3-1-4-12-19,20-13-5-2-6-14-20)22-16-8-10-18-24(22)27;26-23-15-11-21(12-16-23)25(19-7-3-1-4-8-19,20-9-5-2-6-10-20)22-13-17-24(27)18-14-22/h1-16,27-28H;1-16,26-29H;1-16,26-27H;2*1-18,26-27H. The normalized spacial score (nSPS) is 12.5. The summed E-state index contributed by atoms with van der Waals surface area (Å²) in [5, 5.41) is 0. The number of fused-ring (bicyclic) bond motifs is 4. The van der Waals surface area contributed by atoms with E-state index >= 15 is 0 Å². The molecule has 0 amide bonds. The number of hydrogen-bond acceptors (Lipinski definition) is 14. The summed E-state index contributed by atoms with van der Waals surface area (Å²) in [6.07, 6.45) is 0. The van der Waals surface area contributed by atoms with Gasteiger partial charge in [-0.15, -0.1) is 152 Å². The molecule has 20 aromatic rings. The molecule has 0 atom stereocenters. The van der Waals surface area contributed by atoms with Crippen LogP contribution in [0, 0.1) is 0 Å². The first kappa shape index (κ1) is 98.0. The fraction of sp³-hybridized carbons (Fsp3) is 0.0400. The first-order chi connectivity index (χ1) is 67.9. The molecule has 2 aliphatic rings. The fourth-order valence-electron chi connectivity index (χ4n) is 20.2. The average molecular weight is 2030 g/mol. The van der Waals surface area contributed by atoms with Gasteiger partial charge in [0.1, 0.15) is 11.5 Å². The van der Waals surface area contributed by atoms with Crippen LogP contribution in [0.5, 0.6) is 11.5 Å². The lowest BCUT2D eigenvalue weighted by molar-refractivity contribution is 0.432. The third-order valence-electron chi connectivity index (χ3n) is 26.0. The van der Waals surface area contributed by atoms with Crippen molar-refractivity contribution in [2.24, 2.45) is 0 Å². The third-order valence-corrected chi connectivity index (χ3v) is 30.9. The van der Waals surface area contributed by atoms with Gasteiger partial charge in [0.2, 0.25) is 0 Å². The Morgan fingerprint density at radius 1 is 0.165 bits per heavy atom. The lowest BCUT2D eigenvalue weighted by atomic mass is 9.64. The van der Waals surface area contributed by atoms with Gasteiger partial charge in [-0.25, -0.2) is 0 Å². The van der Waals surface area contributed by atoms with Crippen molar-refractivity contribution in [2.45, 2.75) is 95.6 Å². The van der Waals surface area contributed by atoms with Crippen LogP contribution in [0.25, 0.3) is 0 Å². The van der Waals surface area contributed by atoms with Gasteiger partial charge in [0.05, 0.1) is 27.1 Å². The van der Waals surface area contributed by atoms with Crippen LogP contribution in [0.2, 0.25) is 0 Å². The van der Waals surface area contributed by atoms with Crippen LogP contribution in [-0.4, -0.2) is 0 Å². The molecule has 0 N–H and O–H groups in total. The van der Waals surface area contributed by atoms with E-state index in [1.807, 2.05) is 72.8 Å². The van der Waals surface area contributed by atoms with Gasteiger partial charge in [-0.2, -0.15) is 0 Å². The van der Waals surface area contributed by atoms with Crippen molar-refractivity contribution in [3.63, 3.8) is 0 Å². The van der Waals surface area contributed by atoms with E-state index in [4.69, 9.17) is 55.3 Å². The third kappa shape index (κ3) is 19.7. The van der Waals surface area contributed by atoms with Gasteiger partial charge in [0.15, 0.2) is 0 Å². The van der Waals surface area contributed by atoms with E-state index in [2.05, 4.69) is 538 Å². The Labute approximate surface area is 886 Å². The van der Waals surface area contributed by atoms with E-state index in [1.54, 1.807) is 11.8 Å². The van der Waals surface area contributed by atoms with Gasteiger partial charge in [-0.3, -0.25) is 0 Å². The van der Waals surface area contributed by atoms with Crippen molar-refractivity contribution in [1.29, 1.82) is 0 Å². The SMILES string of the molecule is Sc1ccc(C(c2ccccc2)(c2ccccc2)c2ccc(S)cc2)cc1.Sc1ccc(C(c2ccccc2)(c2ccccc2)c2ccc(S)cc2S)c(S)c1.Sc1ccc2c(c1)Oc1cc(S)ccc1C2(c1ccccc1)c1ccccc1.Sc1ccc2c(c1)Sc1cc(S)ccc1C2(c1ccccc1)c1ccccc1.Sc1ccccc1C(c1ccccc1)(c1ccccc1)c1ccccc1S. The van der Waals surface area contributed by atoms with Crippen molar-refractivity contribution < 1.29 is 4.74 Å². The largest absolute Gasteiger partial charge is 0.457 e. The quantitative estimate of drug-likeness (QED) is 0.0347. The van der Waals surface area contributed by atoms with Crippen molar-refractivity contribution in [3.8, 4) is 11.5 Å². The van der Waals surface area contributed by atoms with Crippen LogP contribution in [0.3, 0.4) is 0 Å². The molecule has 0 saturated carbocycles. The monoisotopic (exact) mass is 2030 g/mol. The molecule has 0 bridgehead atoms. The summed E-state index contributed by atoms with van der Waals surface area (Å²) in [7, 11) is 0. The summed E-state index contributed by atoms with van der Waals surface area (Å²) in [6.45, 7) is 0. The second-order valence-electron chi connectivity index (χ2n) is 33.9. The zero-order chi connectivity index (χ0) is 96.1. The minimum Gasteiger partial charge on any atom is -0.457 e. The van der Waals surface area contributed by atoms with E-state index < -0.39 is 21.7 Å². The topological polar surface area (TPSA) is 9.23 Å². The van der Waals surface area contributed by atoms with Crippen molar-refractivity contribution in [1.82, 2.24) is 0 Å². The minimum absolute atomic E-state index is 0.374. The molecule has 0 unspecified atom stereocenters. The molecule has 0 spiro atoms. The summed E-state index contributed by atoms with van der Waals surface area (Å²) >= 11 is 57.6. The Bertz CT molecular complexity index is 6960. The maximum Gasteiger partial charge on any atom is 0.133 e. The van der Waals surface area contributed by atoms with Crippen molar-refractivity contribution in [3.05, 3.63) is 621 Å². The molecular weight excluding hydrogens is 1930 g/mol. The molecule has 0 saturated heterocycles. The van der Waals surface area contributed by atoms with Gasteiger partial charge < -0.3 is 4.74 Å². The summed E-state index contributed by atoms with van der Waals surface area (Å²) < 4.78 is 6.34. The second-order valence-corrected chi connectivity index (χ2v) is 41.0. The van der Waals surface area contributed by atoms with E-state index in [9.17, 15) is 0 Å². The number of benzene rings is 20. The maximum absolute atomic E-state index is 6.34. The summed E-state index contributed by atoms with van der Waals surface area (Å²) in [6, 6.07) is 178. The van der Waals surface area contributed by atoms with Crippen molar-refractivity contribution in [2.75, 3.05) is 0 Å². The second kappa shape index (κ2) is 44.3. The Hall–Kier alpha value is -11.3. The Morgan fingerprint density at radius 3 is 0.655 bits per heavy atom. The zero-order valence-electron chi connectivity index (χ0n) is 75.2. The Kier molecular flexibility index (Phi) is 31.2. The number of ether oxygens (including phenoxy) is 1. The lowest BCUT2D eigenvalue weighted by Crippen LogP contribution is -2.34. The lowest BCUT2D eigenvalue weighted by Gasteiger charge is -2.42. The minimum atomic E-state index is -0.584.